The minimum absolute atomic E-state index is 0.0267. The van der Waals surface area contributed by atoms with Gasteiger partial charge in [-0.15, -0.1) is 0 Å². The first kappa shape index (κ1) is 44.5. The molecule has 0 saturated carbocycles. The molecule has 1 aromatic heterocycles. The predicted octanol–water partition coefficient (Wildman–Crippen LogP) is 4.53. The van der Waals surface area contributed by atoms with Crippen LogP contribution in [0.3, 0.4) is 0 Å². The first-order chi connectivity index (χ1) is 26.6. The number of fused-ring (bicyclic) bond motifs is 2. The average Bonchev–Trinajstić information content (AvgIpc) is 3.44. The number of anilines is 1. The number of aromatic nitrogens is 1. The zero-order chi connectivity index (χ0) is 43.2. The molecule has 312 valence electrons. The molecule has 2 aliphatic rings. The molecule has 2 aromatic carbocycles. The van der Waals surface area contributed by atoms with E-state index in [0.717, 1.165) is 6.20 Å². The van der Waals surface area contributed by atoms with Gasteiger partial charge >= 0.3 is 5.97 Å². The van der Waals surface area contributed by atoms with E-state index in [1.807, 2.05) is 0 Å². The molecular weight excluding hydrogens is 839 g/mol. The summed E-state index contributed by atoms with van der Waals surface area (Å²) in [4.78, 5) is 17.1. The molecule has 3 heterocycles. The molecule has 0 amide bonds. The molecule has 2 aliphatic heterocycles. The van der Waals surface area contributed by atoms with Crippen molar-refractivity contribution in [1.29, 1.82) is 0 Å². The molecule has 0 saturated heterocycles. The van der Waals surface area contributed by atoms with Crippen LogP contribution in [0.1, 0.15) is 67.7 Å². The second-order valence-corrected chi connectivity index (χ2v) is 20.8. The Morgan fingerprint density at radius 2 is 1.36 bits per heavy atom. The zero-order valence-electron chi connectivity index (χ0n) is 31.6. The Morgan fingerprint density at radius 3 is 1.91 bits per heavy atom. The lowest BCUT2D eigenvalue weighted by atomic mass is 9.81. The van der Waals surface area contributed by atoms with Gasteiger partial charge in [0.15, 0.2) is 5.71 Å². The summed E-state index contributed by atoms with van der Waals surface area (Å²) in [5.41, 5.74) is 1.76. The van der Waals surface area contributed by atoms with E-state index < -0.39 is 68.8 Å². The summed E-state index contributed by atoms with van der Waals surface area (Å²) in [5, 5.41) is 9.53. The SMILES string of the molecule is CC1(C)C(/C=C/C(=C/C=C2/N(CCCS(=O)(=O)O)c3ccc(S(=O)(=O)O)cc3C2(C)C)c2ccc(C(=O)O)cn2)=[N+](CCCS(=O)(=O)O)c2ccc(S(=O)(=O)O)cc21. The Kier molecular flexibility index (Phi) is 12.2. The van der Waals surface area contributed by atoms with Crippen molar-refractivity contribution in [2.45, 2.75) is 61.2 Å². The van der Waals surface area contributed by atoms with Gasteiger partial charge in [-0.05, 0) is 80.4 Å². The summed E-state index contributed by atoms with van der Waals surface area (Å²) in [7, 11) is -17.9. The summed E-state index contributed by atoms with van der Waals surface area (Å²) in [6.45, 7) is 7.28. The molecular formula is C37H42N3O14S4+. The predicted molar refractivity (Wildman–Crippen MR) is 214 cm³/mol. The molecule has 0 radical (unpaired) electrons. The van der Waals surface area contributed by atoms with Gasteiger partial charge in [0.1, 0.15) is 6.54 Å². The number of hydrogen-bond acceptors (Lipinski definition) is 11. The fraction of sp³-hybridized carbons (Fsp3) is 0.324. The van der Waals surface area contributed by atoms with E-state index in [2.05, 4.69) is 4.98 Å². The number of benzene rings is 2. The van der Waals surface area contributed by atoms with Crippen LogP contribution in [0.2, 0.25) is 0 Å². The maximum absolute atomic E-state index is 12.1. The van der Waals surface area contributed by atoms with Crippen molar-refractivity contribution in [2.75, 3.05) is 29.5 Å². The Morgan fingerprint density at radius 1 is 0.776 bits per heavy atom. The number of carbonyl (C=O) groups is 1. The van der Waals surface area contributed by atoms with Gasteiger partial charge in [0.05, 0.1) is 38.0 Å². The highest BCUT2D eigenvalue weighted by Crippen LogP contribution is 2.49. The molecule has 3 aromatic rings. The molecule has 21 heteroatoms. The maximum Gasteiger partial charge on any atom is 0.337 e. The van der Waals surface area contributed by atoms with E-state index in [-0.39, 0.29) is 41.3 Å². The number of nitrogens with zero attached hydrogens (tertiary/aromatic N) is 3. The topological polar surface area (TPSA) is 274 Å². The fourth-order valence-electron chi connectivity index (χ4n) is 7.18. The van der Waals surface area contributed by atoms with Crippen molar-refractivity contribution in [3.05, 3.63) is 107 Å². The van der Waals surface area contributed by atoms with E-state index >= 15 is 0 Å². The highest BCUT2D eigenvalue weighted by Gasteiger charge is 2.45. The zero-order valence-corrected chi connectivity index (χ0v) is 34.9. The molecule has 0 atom stereocenters. The number of rotatable bonds is 15. The summed E-state index contributed by atoms with van der Waals surface area (Å²) < 4.78 is 135. The summed E-state index contributed by atoms with van der Waals surface area (Å²) in [6.07, 6.45) is 7.78. The Hall–Kier alpha value is -4.61. The van der Waals surface area contributed by atoms with Crippen LogP contribution >= 0.6 is 0 Å². The minimum atomic E-state index is -4.60. The number of allylic oxidation sites excluding steroid dienone is 6. The van der Waals surface area contributed by atoms with Gasteiger partial charge in [0.2, 0.25) is 5.69 Å². The van der Waals surface area contributed by atoms with Gasteiger partial charge in [-0.2, -0.15) is 38.2 Å². The molecule has 0 unspecified atom stereocenters. The van der Waals surface area contributed by atoms with Gasteiger partial charge in [-0.25, -0.2) is 4.79 Å². The minimum Gasteiger partial charge on any atom is -0.478 e. The molecule has 58 heavy (non-hydrogen) atoms. The fourth-order valence-corrected chi connectivity index (χ4v) is 9.18. The standard InChI is InChI=1S/C37H41N3O14S4/c1-36(2)28-21-26(57(49,50)51)10-13-31(28)39(17-5-19-55(43,44)45)33(36)15-8-24(30-12-7-25(23-38-30)35(41)42)9-16-34-37(3,4)29-22-27(58(52,53)54)11-14-32(29)40(34)18-6-20-56(46,47)48/h7-16,21-23H,5-6,17-20H2,1-4H3,(H4-,41,42,43,44,45,46,47,48,49,50,51,52,53,54)/p+1. The summed E-state index contributed by atoms with van der Waals surface area (Å²) in [6, 6.07) is 10.8. The number of aromatic carboxylic acids is 1. The molecule has 0 spiro atoms. The van der Waals surface area contributed by atoms with Crippen molar-refractivity contribution in [2.24, 2.45) is 0 Å². The molecule has 5 N–H and O–H groups in total. The van der Waals surface area contributed by atoms with Crippen LogP contribution in [0.4, 0.5) is 11.4 Å². The number of carboxylic acids is 1. The van der Waals surface area contributed by atoms with Crippen LogP contribution in [0.25, 0.3) is 5.57 Å². The maximum atomic E-state index is 12.1. The molecule has 0 bridgehead atoms. The molecule has 0 fully saturated rings. The lowest BCUT2D eigenvalue weighted by Crippen LogP contribution is -2.28. The average molecular weight is 881 g/mol. The van der Waals surface area contributed by atoms with Crippen molar-refractivity contribution in [1.82, 2.24) is 4.98 Å². The quantitative estimate of drug-likeness (QED) is 0.0797. The van der Waals surface area contributed by atoms with Gasteiger partial charge in [-0.1, -0.05) is 19.9 Å². The van der Waals surface area contributed by atoms with Crippen LogP contribution in [0.15, 0.2) is 94.5 Å². The third-order valence-electron chi connectivity index (χ3n) is 10.0. The highest BCUT2D eigenvalue weighted by molar-refractivity contribution is 7.86. The smallest absolute Gasteiger partial charge is 0.337 e. The van der Waals surface area contributed by atoms with Crippen LogP contribution < -0.4 is 4.90 Å². The van der Waals surface area contributed by atoms with Crippen molar-refractivity contribution < 1.29 is 66.4 Å². The van der Waals surface area contributed by atoms with Crippen LogP contribution in [0, 0.1) is 0 Å². The Labute approximate surface area is 336 Å². The summed E-state index contributed by atoms with van der Waals surface area (Å²) in [5.74, 6) is -2.35. The number of hydrogen-bond donors (Lipinski definition) is 5. The highest BCUT2D eigenvalue weighted by atomic mass is 32.2. The second kappa shape index (κ2) is 15.9. The normalized spacial score (nSPS) is 17.6. The van der Waals surface area contributed by atoms with E-state index in [1.54, 1.807) is 61.5 Å². The van der Waals surface area contributed by atoms with Gasteiger partial charge < -0.3 is 10.0 Å². The molecule has 0 aliphatic carbocycles. The van der Waals surface area contributed by atoms with Crippen LogP contribution in [0.5, 0.6) is 0 Å². The van der Waals surface area contributed by atoms with E-state index in [0.29, 0.717) is 45.2 Å². The molecule has 17 nitrogen and oxygen atoms in total. The third kappa shape index (κ3) is 9.80. The first-order valence-corrected chi connectivity index (χ1v) is 23.6. The van der Waals surface area contributed by atoms with E-state index in [9.17, 15) is 61.8 Å². The number of carboxylic acid groups (broad SMARTS) is 1. The third-order valence-corrected chi connectivity index (χ3v) is 13.3. The second-order valence-electron chi connectivity index (χ2n) is 14.8. The Balaban J connectivity index is 1.70. The van der Waals surface area contributed by atoms with E-state index in [1.165, 1.54) is 48.5 Å². The summed E-state index contributed by atoms with van der Waals surface area (Å²) >= 11 is 0. The van der Waals surface area contributed by atoms with Crippen molar-refractivity contribution in [3.63, 3.8) is 0 Å². The van der Waals surface area contributed by atoms with E-state index in [4.69, 9.17) is 0 Å². The van der Waals surface area contributed by atoms with Gasteiger partial charge in [0, 0.05) is 59.2 Å². The van der Waals surface area contributed by atoms with Gasteiger partial charge in [0.25, 0.3) is 40.5 Å². The lowest BCUT2D eigenvalue weighted by molar-refractivity contribution is -0.437. The Bertz CT molecular complexity index is 2750. The van der Waals surface area contributed by atoms with Crippen LogP contribution in [-0.4, -0.2) is 103 Å². The number of pyridine rings is 1. The molecule has 5 rings (SSSR count). The van der Waals surface area contributed by atoms with Gasteiger partial charge in [-0.3, -0.25) is 23.2 Å². The monoisotopic (exact) mass is 880 g/mol. The van der Waals surface area contributed by atoms with Crippen molar-refractivity contribution >= 4 is 69.1 Å². The van der Waals surface area contributed by atoms with Crippen LogP contribution in [-0.2, 0) is 51.3 Å². The largest absolute Gasteiger partial charge is 0.478 e. The van der Waals surface area contributed by atoms with Crippen molar-refractivity contribution in [3.8, 4) is 0 Å². The lowest BCUT2D eigenvalue weighted by Gasteiger charge is -2.27. The first-order valence-electron chi connectivity index (χ1n) is 17.5.